The van der Waals surface area contributed by atoms with Crippen LogP contribution >= 0.6 is 23.2 Å². The van der Waals surface area contributed by atoms with Crippen molar-refractivity contribution in [3.63, 3.8) is 0 Å². The number of carbonyl (C=O) groups is 1. The average Bonchev–Trinajstić information content (AvgIpc) is 3.50. The molecule has 0 aliphatic rings. The zero-order valence-electron chi connectivity index (χ0n) is 22.5. The number of pyridine rings is 1. The smallest absolute Gasteiger partial charge is 0.323 e. The van der Waals surface area contributed by atoms with E-state index in [0.717, 1.165) is 41.0 Å². The molecular formula is C30H28Cl2N8O. The highest BCUT2D eigenvalue weighted by Gasteiger charge is 2.18. The number of carbonyl (C=O) groups excluding carboxylic acids is 1. The van der Waals surface area contributed by atoms with E-state index in [1.165, 1.54) is 0 Å². The van der Waals surface area contributed by atoms with E-state index >= 15 is 0 Å². The van der Waals surface area contributed by atoms with Gasteiger partial charge in [0.1, 0.15) is 5.82 Å². The average molecular weight is 588 g/mol. The summed E-state index contributed by atoms with van der Waals surface area (Å²) in [6.45, 7) is 5.56. The molecule has 0 fully saturated rings. The van der Waals surface area contributed by atoms with E-state index in [1.807, 2.05) is 55.5 Å². The third-order valence-electron chi connectivity index (χ3n) is 6.33. The van der Waals surface area contributed by atoms with E-state index in [0.29, 0.717) is 39.5 Å². The zero-order chi connectivity index (χ0) is 28.8. The molecular weight excluding hydrogens is 559 g/mol. The van der Waals surface area contributed by atoms with Crippen LogP contribution in [0.5, 0.6) is 0 Å². The fraction of sp³-hybridized carbons (Fsp3) is 0.167. The van der Waals surface area contributed by atoms with Gasteiger partial charge >= 0.3 is 6.03 Å². The summed E-state index contributed by atoms with van der Waals surface area (Å²) >= 11 is 12.3. The Morgan fingerprint density at radius 3 is 2.51 bits per heavy atom. The van der Waals surface area contributed by atoms with Gasteiger partial charge in [-0.15, -0.1) is 5.10 Å². The molecule has 0 saturated heterocycles. The summed E-state index contributed by atoms with van der Waals surface area (Å²) in [7, 11) is 0. The number of anilines is 3. The number of tetrazole rings is 1. The minimum atomic E-state index is -0.452. The first-order chi connectivity index (χ1) is 19.9. The van der Waals surface area contributed by atoms with Gasteiger partial charge in [0.15, 0.2) is 5.82 Å². The van der Waals surface area contributed by atoms with Crippen LogP contribution in [0.15, 0.2) is 78.9 Å². The molecule has 0 saturated carbocycles. The van der Waals surface area contributed by atoms with Crippen LogP contribution < -0.4 is 15.5 Å². The van der Waals surface area contributed by atoms with Gasteiger partial charge in [0.05, 0.1) is 16.4 Å². The highest BCUT2D eigenvalue weighted by Crippen LogP contribution is 2.34. The van der Waals surface area contributed by atoms with Gasteiger partial charge in [-0.3, -0.25) is 0 Å². The minimum Gasteiger partial charge on any atom is -0.352 e. The number of halogens is 2. The molecule has 0 aliphatic heterocycles. The van der Waals surface area contributed by atoms with E-state index in [2.05, 4.69) is 55.2 Å². The molecule has 5 rings (SSSR count). The maximum absolute atomic E-state index is 13.1. The van der Waals surface area contributed by atoms with E-state index < -0.39 is 6.03 Å². The molecule has 0 atom stereocenters. The number of aromatic nitrogens is 5. The molecule has 2 aromatic heterocycles. The van der Waals surface area contributed by atoms with Crippen LogP contribution in [0, 0.1) is 6.92 Å². The highest BCUT2D eigenvalue weighted by molar-refractivity contribution is 6.36. The summed E-state index contributed by atoms with van der Waals surface area (Å²) in [4.78, 5) is 20.4. The Morgan fingerprint density at radius 2 is 1.78 bits per heavy atom. The van der Waals surface area contributed by atoms with Crippen molar-refractivity contribution in [2.45, 2.75) is 26.8 Å². The molecule has 0 unspecified atom stereocenters. The summed E-state index contributed by atoms with van der Waals surface area (Å²) in [6.07, 6.45) is 0.913. The SMILES string of the molecule is CCCN(Cc1ccccc1)c1cc(NC(=O)Nc2ccc(Cl)cc2Cl)cc(-c2cc(C)ccc2-c2nnn[nH]2)n1. The largest absolute Gasteiger partial charge is 0.352 e. The number of rotatable bonds is 9. The molecule has 208 valence electrons. The maximum Gasteiger partial charge on any atom is 0.323 e. The third-order valence-corrected chi connectivity index (χ3v) is 6.88. The number of hydrogen-bond acceptors (Lipinski definition) is 6. The Labute approximate surface area is 247 Å². The molecule has 11 heteroatoms. The summed E-state index contributed by atoms with van der Waals surface area (Å²) in [6, 6.07) is 24.3. The van der Waals surface area contributed by atoms with Gasteiger partial charge in [-0.1, -0.05) is 78.2 Å². The van der Waals surface area contributed by atoms with Crippen molar-refractivity contribution < 1.29 is 4.79 Å². The summed E-state index contributed by atoms with van der Waals surface area (Å²) in [5.74, 6) is 1.24. The third kappa shape index (κ3) is 7.00. The number of nitrogens with zero attached hydrogens (tertiary/aromatic N) is 5. The van der Waals surface area contributed by atoms with Crippen LogP contribution in [-0.4, -0.2) is 38.2 Å². The normalized spacial score (nSPS) is 10.8. The fourth-order valence-electron chi connectivity index (χ4n) is 4.46. The molecule has 0 bridgehead atoms. The maximum atomic E-state index is 13.1. The number of amides is 2. The lowest BCUT2D eigenvalue weighted by atomic mass is 10.00. The van der Waals surface area contributed by atoms with Gasteiger partial charge in [0, 0.05) is 41.0 Å². The van der Waals surface area contributed by atoms with Crippen LogP contribution in [-0.2, 0) is 6.54 Å². The molecule has 3 aromatic carbocycles. The molecule has 2 heterocycles. The van der Waals surface area contributed by atoms with Crippen LogP contribution in [0.2, 0.25) is 10.0 Å². The summed E-state index contributed by atoms with van der Waals surface area (Å²) in [5.41, 5.74) is 5.48. The zero-order valence-corrected chi connectivity index (χ0v) is 24.0. The van der Waals surface area contributed by atoms with Crippen molar-refractivity contribution in [1.29, 1.82) is 0 Å². The monoisotopic (exact) mass is 586 g/mol. The molecule has 0 radical (unpaired) electrons. The van der Waals surface area contributed by atoms with Gasteiger partial charge in [-0.2, -0.15) is 0 Å². The van der Waals surface area contributed by atoms with Crippen molar-refractivity contribution in [2.75, 3.05) is 22.1 Å². The van der Waals surface area contributed by atoms with Crippen LogP contribution in [0.3, 0.4) is 0 Å². The first kappa shape index (κ1) is 28.1. The van der Waals surface area contributed by atoms with Gasteiger partial charge in [-0.25, -0.2) is 14.9 Å². The Bertz CT molecular complexity index is 1640. The van der Waals surface area contributed by atoms with E-state index in [9.17, 15) is 4.79 Å². The van der Waals surface area contributed by atoms with Crippen molar-refractivity contribution in [3.8, 4) is 22.6 Å². The van der Waals surface area contributed by atoms with E-state index in [1.54, 1.807) is 18.2 Å². The highest BCUT2D eigenvalue weighted by atomic mass is 35.5. The second-order valence-corrected chi connectivity index (χ2v) is 10.4. The van der Waals surface area contributed by atoms with Crippen molar-refractivity contribution in [3.05, 3.63) is 100 Å². The molecule has 0 spiro atoms. The van der Waals surface area contributed by atoms with Gasteiger partial charge < -0.3 is 15.5 Å². The number of nitrogens with one attached hydrogen (secondary N) is 3. The molecule has 9 nitrogen and oxygen atoms in total. The van der Waals surface area contributed by atoms with Gasteiger partial charge in [0.25, 0.3) is 0 Å². The first-order valence-electron chi connectivity index (χ1n) is 13.1. The lowest BCUT2D eigenvalue weighted by Crippen LogP contribution is -2.25. The predicted molar refractivity (Wildman–Crippen MR) is 164 cm³/mol. The standard InChI is InChI=1S/C30H28Cl2N8O/c1-3-13-40(18-20-7-5-4-6-8-20)28-17-22(33-30(41)35-26-12-10-21(31)15-25(26)32)16-27(34-28)24-14-19(2)9-11-23(24)29-36-38-39-37-29/h4-12,14-17H,3,13,18H2,1-2H3,(H2,33,34,35,41)(H,36,37,38,39). The van der Waals surface area contributed by atoms with E-state index in [-0.39, 0.29) is 0 Å². The second kappa shape index (κ2) is 12.8. The van der Waals surface area contributed by atoms with Crippen molar-refractivity contribution in [2.24, 2.45) is 0 Å². The molecule has 3 N–H and O–H groups in total. The number of aryl methyl sites for hydroxylation is 1. The minimum absolute atomic E-state index is 0.339. The Hall–Kier alpha value is -4.47. The Kier molecular flexibility index (Phi) is 8.76. The molecule has 5 aromatic rings. The summed E-state index contributed by atoms with van der Waals surface area (Å²) in [5, 5.41) is 21.0. The lowest BCUT2D eigenvalue weighted by Gasteiger charge is -2.25. The van der Waals surface area contributed by atoms with E-state index in [4.69, 9.17) is 28.2 Å². The first-order valence-corrected chi connectivity index (χ1v) is 13.8. The second-order valence-electron chi connectivity index (χ2n) is 9.51. The fourth-order valence-corrected chi connectivity index (χ4v) is 4.92. The number of aromatic amines is 1. The molecule has 41 heavy (non-hydrogen) atoms. The lowest BCUT2D eigenvalue weighted by molar-refractivity contribution is 0.262. The topological polar surface area (TPSA) is 112 Å². The predicted octanol–water partition coefficient (Wildman–Crippen LogP) is 7.60. The number of urea groups is 1. The number of hydrogen-bond donors (Lipinski definition) is 3. The number of benzene rings is 3. The molecule has 2 amide bonds. The van der Waals surface area contributed by atoms with Crippen LogP contribution in [0.1, 0.15) is 24.5 Å². The van der Waals surface area contributed by atoms with Crippen molar-refractivity contribution >= 4 is 46.4 Å². The van der Waals surface area contributed by atoms with Crippen LogP contribution in [0.25, 0.3) is 22.6 Å². The van der Waals surface area contributed by atoms with Crippen LogP contribution in [0.4, 0.5) is 22.0 Å². The Morgan fingerprint density at radius 1 is 0.951 bits per heavy atom. The quantitative estimate of drug-likeness (QED) is 0.164. The Balaban J connectivity index is 1.56. The summed E-state index contributed by atoms with van der Waals surface area (Å²) < 4.78 is 0. The molecule has 0 aliphatic carbocycles. The van der Waals surface area contributed by atoms with Gasteiger partial charge in [0.2, 0.25) is 0 Å². The number of H-pyrrole nitrogens is 1. The van der Waals surface area contributed by atoms with Gasteiger partial charge in [-0.05, 0) is 59.7 Å². The van der Waals surface area contributed by atoms with Crippen molar-refractivity contribution in [1.82, 2.24) is 25.6 Å².